The number of benzene rings is 1. The first kappa shape index (κ1) is 13.1. The SMILES string of the molecule is CCOc1cc(-n2ccnc2-c2ccc(N)cc2)ncn1. The van der Waals surface area contributed by atoms with Crippen LogP contribution in [0.3, 0.4) is 0 Å². The molecule has 106 valence electrons. The average Bonchev–Trinajstić information content (AvgIpc) is 2.98. The van der Waals surface area contributed by atoms with E-state index >= 15 is 0 Å². The molecule has 0 aliphatic rings. The Labute approximate surface area is 122 Å². The van der Waals surface area contributed by atoms with Gasteiger partial charge in [-0.3, -0.25) is 4.57 Å². The fraction of sp³-hybridized carbons (Fsp3) is 0.133. The summed E-state index contributed by atoms with van der Waals surface area (Å²) in [5, 5.41) is 0. The maximum atomic E-state index is 5.72. The molecule has 3 aromatic rings. The van der Waals surface area contributed by atoms with Crippen LogP contribution in [0.1, 0.15) is 6.92 Å². The molecule has 6 nitrogen and oxygen atoms in total. The third-order valence-electron chi connectivity index (χ3n) is 2.98. The monoisotopic (exact) mass is 281 g/mol. The fourth-order valence-electron chi connectivity index (χ4n) is 2.02. The minimum absolute atomic E-state index is 0.541. The highest BCUT2D eigenvalue weighted by atomic mass is 16.5. The zero-order chi connectivity index (χ0) is 14.7. The molecule has 3 rings (SSSR count). The van der Waals surface area contributed by atoms with E-state index in [1.165, 1.54) is 6.33 Å². The van der Waals surface area contributed by atoms with Crippen LogP contribution >= 0.6 is 0 Å². The van der Waals surface area contributed by atoms with Gasteiger partial charge in [-0.1, -0.05) is 0 Å². The van der Waals surface area contributed by atoms with E-state index in [0.29, 0.717) is 18.3 Å². The van der Waals surface area contributed by atoms with Crippen LogP contribution in [0.25, 0.3) is 17.2 Å². The zero-order valence-corrected chi connectivity index (χ0v) is 11.6. The summed E-state index contributed by atoms with van der Waals surface area (Å²) < 4.78 is 7.29. The number of rotatable bonds is 4. The van der Waals surface area contributed by atoms with Gasteiger partial charge in [0.05, 0.1) is 6.61 Å². The number of hydrogen-bond acceptors (Lipinski definition) is 5. The first-order chi connectivity index (χ1) is 10.3. The van der Waals surface area contributed by atoms with E-state index in [1.807, 2.05) is 42.0 Å². The van der Waals surface area contributed by atoms with Crippen LogP contribution in [0.15, 0.2) is 49.1 Å². The van der Waals surface area contributed by atoms with Gasteiger partial charge >= 0.3 is 0 Å². The Hall–Kier alpha value is -2.89. The lowest BCUT2D eigenvalue weighted by molar-refractivity contribution is 0.326. The number of aromatic nitrogens is 4. The van der Waals surface area contributed by atoms with Crippen molar-refractivity contribution >= 4 is 5.69 Å². The number of imidazole rings is 1. The third kappa shape index (κ3) is 2.69. The van der Waals surface area contributed by atoms with E-state index in [9.17, 15) is 0 Å². The second-order valence-electron chi connectivity index (χ2n) is 4.39. The summed E-state index contributed by atoms with van der Waals surface area (Å²) >= 11 is 0. The van der Waals surface area contributed by atoms with Crippen LogP contribution in [0.5, 0.6) is 5.88 Å². The molecule has 0 aliphatic carbocycles. The van der Waals surface area contributed by atoms with Crippen molar-refractivity contribution in [2.75, 3.05) is 12.3 Å². The summed E-state index contributed by atoms with van der Waals surface area (Å²) in [5.74, 6) is 2.04. The van der Waals surface area contributed by atoms with Gasteiger partial charge < -0.3 is 10.5 Å². The summed E-state index contributed by atoms with van der Waals surface area (Å²) in [6.07, 6.45) is 5.06. The molecule has 0 saturated heterocycles. The molecule has 0 bridgehead atoms. The first-order valence-electron chi connectivity index (χ1n) is 6.62. The van der Waals surface area contributed by atoms with Gasteiger partial charge in [-0.2, -0.15) is 0 Å². The van der Waals surface area contributed by atoms with Crippen LogP contribution in [0.2, 0.25) is 0 Å². The number of nitrogens with two attached hydrogens (primary N) is 1. The summed E-state index contributed by atoms with van der Waals surface area (Å²) in [5.41, 5.74) is 7.40. The number of ether oxygens (including phenoxy) is 1. The third-order valence-corrected chi connectivity index (χ3v) is 2.98. The summed E-state index contributed by atoms with van der Waals surface area (Å²) in [4.78, 5) is 12.7. The molecule has 0 fully saturated rings. The number of nitrogens with zero attached hydrogens (tertiary/aromatic N) is 4. The Bertz CT molecular complexity index is 736. The van der Waals surface area contributed by atoms with Crippen molar-refractivity contribution in [3.05, 3.63) is 49.1 Å². The second-order valence-corrected chi connectivity index (χ2v) is 4.39. The van der Waals surface area contributed by atoms with Crippen molar-refractivity contribution in [3.8, 4) is 23.1 Å². The highest BCUT2D eigenvalue weighted by molar-refractivity contribution is 5.61. The largest absolute Gasteiger partial charge is 0.478 e. The van der Waals surface area contributed by atoms with Crippen LogP contribution in [0.4, 0.5) is 5.69 Å². The average molecular weight is 281 g/mol. The van der Waals surface area contributed by atoms with Crippen molar-refractivity contribution in [2.45, 2.75) is 6.92 Å². The lowest BCUT2D eigenvalue weighted by Gasteiger charge is -2.08. The molecule has 1 aromatic carbocycles. The molecule has 0 saturated carbocycles. The highest BCUT2D eigenvalue weighted by Gasteiger charge is 2.09. The Morgan fingerprint density at radius 2 is 1.95 bits per heavy atom. The summed E-state index contributed by atoms with van der Waals surface area (Å²) in [7, 11) is 0. The van der Waals surface area contributed by atoms with Crippen LogP contribution < -0.4 is 10.5 Å². The van der Waals surface area contributed by atoms with Gasteiger partial charge in [0.2, 0.25) is 5.88 Å². The molecule has 0 radical (unpaired) electrons. The topological polar surface area (TPSA) is 78.9 Å². The van der Waals surface area contributed by atoms with E-state index in [2.05, 4.69) is 15.0 Å². The molecule has 2 heterocycles. The Morgan fingerprint density at radius 1 is 1.14 bits per heavy atom. The number of hydrogen-bond donors (Lipinski definition) is 1. The molecular formula is C15H15N5O. The van der Waals surface area contributed by atoms with E-state index < -0.39 is 0 Å². The smallest absolute Gasteiger partial charge is 0.218 e. The molecule has 0 spiro atoms. The fourth-order valence-corrected chi connectivity index (χ4v) is 2.02. The lowest BCUT2D eigenvalue weighted by atomic mass is 10.2. The molecule has 6 heteroatoms. The molecule has 21 heavy (non-hydrogen) atoms. The molecule has 0 aliphatic heterocycles. The zero-order valence-electron chi connectivity index (χ0n) is 11.6. The standard InChI is InChI=1S/C15H15N5O/c1-2-21-14-9-13(18-10-19-14)20-8-7-17-15(20)11-3-5-12(16)6-4-11/h3-10H,2,16H2,1H3. The van der Waals surface area contributed by atoms with Crippen molar-refractivity contribution in [1.82, 2.24) is 19.5 Å². The maximum Gasteiger partial charge on any atom is 0.218 e. The van der Waals surface area contributed by atoms with Crippen molar-refractivity contribution < 1.29 is 4.74 Å². The predicted molar refractivity (Wildman–Crippen MR) is 80.2 cm³/mol. The van der Waals surface area contributed by atoms with E-state index in [0.717, 1.165) is 17.1 Å². The highest BCUT2D eigenvalue weighted by Crippen LogP contribution is 2.22. The van der Waals surface area contributed by atoms with E-state index in [4.69, 9.17) is 10.5 Å². The van der Waals surface area contributed by atoms with Crippen molar-refractivity contribution in [2.24, 2.45) is 0 Å². The van der Waals surface area contributed by atoms with Crippen LogP contribution in [-0.4, -0.2) is 26.1 Å². The molecule has 2 N–H and O–H groups in total. The van der Waals surface area contributed by atoms with Gasteiger partial charge in [-0.05, 0) is 31.2 Å². The lowest BCUT2D eigenvalue weighted by Crippen LogP contribution is -2.02. The quantitative estimate of drug-likeness (QED) is 0.742. The number of anilines is 1. The van der Waals surface area contributed by atoms with Gasteiger partial charge in [-0.25, -0.2) is 15.0 Å². The first-order valence-corrected chi connectivity index (χ1v) is 6.62. The summed E-state index contributed by atoms with van der Waals surface area (Å²) in [6, 6.07) is 9.34. The molecule has 0 unspecified atom stereocenters. The van der Waals surface area contributed by atoms with E-state index in [-0.39, 0.29) is 0 Å². The van der Waals surface area contributed by atoms with Gasteiger partial charge in [0.15, 0.2) is 0 Å². The molecule has 2 aromatic heterocycles. The van der Waals surface area contributed by atoms with Gasteiger partial charge in [0.1, 0.15) is 18.0 Å². The van der Waals surface area contributed by atoms with Gasteiger partial charge in [-0.15, -0.1) is 0 Å². The normalized spacial score (nSPS) is 10.5. The predicted octanol–water partition coefficient (Wildman–Crippen LogP) is 2.31. The van der Waals surface area contributed by atoms with Crippen molar-refractivity contribution in [1.29, 1.82) is 0 Å². The Balaban J connectivity index is 2.02. The van der Waals surface area contributed by atoms with Gasteiger partial charge in [0, 0.05) is 29.7 Å². The number of nitrogen functional groups attached to an aromatic ring is 1. The molecular weight excluding hydrogens is 266 g/mol. The maximum absolute atomic E-state index is 5.72. The van der Waals surface area contributed by atoms with Crippen molar-refractivity contribution in [3.63, 3.8) is 0 Å². The molecule has 0 atom stereocenters. The van der Waals surface area contributed by atoms with E-state index in [1.54, 1.807) is 12.3 Å². The van der Waals surface area contributed by atoms with Gasteiger partial charge in [0.25, 0.3) is 0 Å². The second kappa shape index (κ2) is 5.62. The van der Waals surface area contributed by atoms with Crippen LogP contribution in [0, 0.1) is 0 Å². The minimum Gasteiger partial charge on any atom is -0.478 e. The minimum atomic E-state index is 0.541. The van der Waals surface area contributed by atoms with Crippen LogP contribution in [-0.2, 0) is 0 Å². The Morgan fingerprint density at radius 3 is 2.71 bits per heavy atom. The Kier molecular flexibility index (Phi) is 3.51. The summed E-state index contributed by atoms with van der Waals surface area (Å²) in [6.45, 7) is 2.48. The molecule has 0 amide bonds.